The minimum atomic E-state index is -1.08. The summed E-state index contributed by atoms with van der Waals surface area (Å²) in [6.07, 6.45) is -2.51. The SMILES string of the molecule is NC(=S)Nc1ccc(C(O)C(O)CCNC(=O)OCc2ccccc2)cc1. The Bertz CT molecular complexity index is 740. The molecule has 0 aliphatic rings. The van der Waals surface area contributed by atoms with E-state index in [0.29, 0.717) is 11.3 Å². The number of anilines is 1. The lowest BCUT2D eigenvalue weighted by atomic mass is 10.0. The number of rotatable bonds is 8. The van der Waals surface area contributed by atoms with Gasteiger partial charge in [0.15, 0.2) is 5.11 Å². The van der Waals surface area contributed by atoms with Crippen LogP contribution in [-0.2, 0) is 11.3 Å². The first kappa shape index (κ1) is 20.6. The highest BCUT2D eigenvalue weighted by atomic mass is 32.1. The van der Waals surface area contributed by atoms with Gasteiger partial charge in [-0.2, -0.15) is 0 Å². The molecule has 0 heterocycles. The minimum absolute atomic E-state index is 0.147. The standard InChI is InChI=1S/C19H23N3O4S/c20-18(27)22-15-8-6-14(7-9-15)17(24)16(23)10-11-21-19(25)26-12-13-4-2-1-3-5-13/h1-9,16-17,23-24H,10-12H2,(H,21,25)(H3,20,22,27). The second-order valence-electron chi connectivity index (χ2n) is 5.90. The van der Waals surface area contributed by atoms with Crippen molar-refractivity contribution in [1.82, 2.24) is 5.32 Å². The number of carbonyl (C=O) groups excluding carboxylic acids is 1. The van der Waals surface area contributed by atoms with Crippen molar-refractivity contribution in [3.05, 3.63) is 65.7 Å². The maximum Gasteiger partial charge on any atom is 0.407 e. The second-order valence-corrected chi connectivity index (χ2v) is 6.34. The van der Waals surface area contributed by atoms with Gasteiger partial charge in [0, 0.05) is 12.2 Å². The smallest absolute Gasteiger partial charge is 0.407 e. The highest BCUT2D eigenvalue weighted by Gasteiger charge is 2.18. The number of hydrogen-bond donors (Lipinski definition) is 5. The Kier molecular flexibility index (Phi) is 8.00. The van der Waals surface area contributed by atoms with Crippen LogP contribution in [0.15, 0.2) is 54.6 Å². The summed E-state index contributed by atoms with van der Waals surface area (Å²) in [6, 6.07) is 16.0. The molecule has 0 saturated carbocycles. The van der Waals surface area contributed by atoms with Gasteiger partial charge in [0.2, 0.25) is 0 Å². The number of nitrogens with one attached hydrogen (secondary N) is 2. The van der Waals surface area contributed by atoms with Crippen molar-refractivity contribution in [1.29, 1.82) is 0 Å². The molecule has 0 aliphatic heterocycles. The zero-order valence-electron chi connectivity index (χ0n) is 14.7. The minimum Gasteiger partial charge on any atom is -0.445 e. The van der Waals surface area contributed by atoms with Crippen molar-refractivity contribution < 1.29 is 19.7 Å². The number of thiocarbonyl (C=S) groups is 1. The van der Waals surface area contributed by atoms with E-state index >= 15 is 0 Å². The molecular weight excluding hydrogens is 366 g/mol. The molecule has 6 N–H and O–H groups in total. The van der Waals surface area contributed by atoms with E-state index < -0.39 is 18.3 Å². The van der Waals surface area contributed by atoms with Crippen LogP contribution in [0.5, 0.6) is 0 Å². The van der Waals surface area contributed by atoms with Gasteiger partial charge in [-0.3, -0.25) is 0 Å². The van der Waals surface area contributed by atoms with Crippen LogP contribution in [0.1, 0.15) is 23.7 Å². The third-order valence-electron chi connectivity index (χ3n) is 3.81. The molecule has 27 heavy (non-hydrogen) atoms. The van der Waals surface area contributed by atoms with E-state index in [4.69, 9.17) is 22.7 Å². The molecule has 0 saturated heterocycles. The Labute approximate surface area is 163 Å². The largest absolute Gasteiger partial charge is 0.445 e. The summed E-state index contributed by atoms with van der Waals surface area (Å²) in [5.41, 5.74) is 7.51. The lowest BCUT2D eigenvalue weighted by Crippen LogP contribution is -2.29. The van der Waals surface area contributed by atoms with Crippen LogP contribution >= 0.6 is 12.2 Å². The maximum absolute atomic E-state index is 11.7. The molecule has 0 aromatic heterocycles. The van der Waals surface area contributed by atoms with Gasteiger partial charge in [0.1, 0.15) is 12.7 Å². The predicted molar refractivity (Wildman–Crippen MR) is 107 cm³/mol. The van der Waals surface area contributed by atoms with Gasteiger partial charge in [-0.25, -0.2) is 4.79 Å². The highest BCUT2D eigenvalue weighted by Crippen LogP contribution is 2.20. The Morgan fingerprint density at radius 3 is 2.41 bits per heavy atom. The summed E-state index contributed by atoms with van der Waals surface area (Å²) in [5, 5.41) is 25.8. The van der Waals surface area contributed by atoms with Gasteiger partial charge >= 0.3 is 6.09 Å². The summed E-state index contributed by atoms with van der Waals surface area (Å²) >= 11 is 4.75. The van der Waals surface area contributed by atoms with Gasteiger partial charge in [0.05, 0.1) is 6.10 Å². The number of benzene rings is 2. The second kappa shape index (κ2) is 10.5. The van der Waals surface area contributed by atoms with Gasteiger partial charge < -0.3 is 31.3 Å². The van der Waals surface area contributed by atoms with Gasteiger partial charge in [-0.1, -0.05) is 42.5 Å². The molecule has 0 fully saturated rings. The Morgan fingerprint density at radius 1 is 1.11 bits per heavy atom. The molecule has 144 valence electrons. The average molecular weight is 389 g/mol. The number of hydrogen-bond acceptors (Lipinski definition) is 5. The Hall–Kier alpha value is -2.68. The number of amides is 1. The van der Waals surface area contributed by atoms with E-state index in [9.17, 15) is 15.0 Å². The molecule has 7 nitrogen and oxygen atoms in total. The van der Waals surface area contributed by atoms with Crippen molar-refractivity contribution >= 4 is 29.1 Å². The van der Waals surface area contributed by atoms with Crippen LogP contribution in [0.25, 0.3) is 0 Å². The lowest BCUT2D eigenvalue weighted by Gasteiger charge is -2.18. The average Bonchev–Trinajstić information content (AvgIpc) is 2.66. The van der Waals surface area contributed by atoms with E-state index in [0.717, 1.165) is 5.56 Å². The summed E-state index contributed by atoms with van der Waals surface area (Å²) in [7, 11) is 0. The Balaban J connectivity index is 1.71. The van der Waals surface area contributed by atoms with Crippen LogP contribution in [0.3, 0.4) is 0 Å². The topological polar surface area (TPSA) is 117 Å². The first-order valence-corrected chi connectivity index (χ1v) is 8.83. The van der Waals surface area contributed by atoms with Crippen molar-refractivity contribution in [2.75, 3.05) is 11.9 Å². The van der Waals surface area contributed by atoms with Crippen LogP contribution in [-0.4, -0.2) is 34.1 Å². The zero-order chi connectivity index (χ0) is 19.6. The molecule has 0 spiro atoms. The number of aliphatic hydroxyl groups is 2. The summed E-state index contributed by atoms with van der Waals surface area (Å²) < 4.78 is 5.08. The quantitative estimate of drug-likeness (QED) is 0.439. The van der Waals surface area contributed by atoms with Crippen molar-refractivity contribution in [3.8, 4) is 0 Å². The summed E-state index contributed by atoms with van der Waals surface area (Å²) in [4.78, 5) is 11.7. The van der Waals surface area contributed by atoms with Crippen molar-refractivity contribution in [2.24, 2.45) is 5.73 Å². The Morgan fingerprint density at radius 2 is 1.78 bits per heavy atom. The van der Waals surface area contributed by atoms with Gasteiger partial charge in [-0.15, -0.1) is 0 Å². The fourth-order valence-electron chi connectivity index (χ4n) is 2.38. The first-order valence-electron chi connectivity index (χ1n) is 8.43. The number of alkyl carbamates (subject to hydrolysis) is 1. The normalized spacial score (nSPS) is 12.7. The first-order chi connectivity index (χ1) is 13.0. The predicted octanol–water partition coefficient (Wildman–Crippen LogP) is 2.05. The monoisotopic (exact) mass is 389 g/mol. The summed E-state index contributed by atoms with van der Waals surface area (Å²) in [5.74, 6) is 0. The van der Waals surface area contributed by atoms with Crippen molar-refractivity contribution in [3.63, 3.8) is 0 Å². The highest BCUT2D eigenvalue weighted by molar-refractivity contribution is 7.80. The van der Waals surface area contributed by atoms with Crippen LogP contribution in [0.4, 0.5) is 10.5 Å². The molecule has 2 atom stereocenters. The molecule has 0 bridgehead atoms. The number of nitrogens with two attached hydrogens (primary N) is 1. The van der Waals surface area contributed by atoms with Crippen LogP contribution in [0, 0.1) is 0 Å². The molecule has 2 aromatic carbocycles. The number of carbonyl (C=O) groups is 1. The van der Waals surface area contributed by atoms with Gasteiger partial charge in [0.25, 0.3) is 0 Å². The van der Waals surface area contributed by atoms with Crippen molar-refractivity contribution in [2.45, 2.75) is 25.2 Å². The fourth-order valence-corrected chi connectivity index (χ4v) is 2.50. The molecule has 0 radical (unpaired) electrons. The molecule has 1 amide bonds. The lowest BCUT2D eigenvalue weighted by molar-refractivity contribution is 0.0136. The maximum atomic E-state index is 11.7. The van der Waals surface area contributed by atoms with E-state index in [1.165, 1.54) is 0 Å². The molecule has 2 aromatic rings. The third kappa shape index (κ3) is 7.22. The van der Waals surface area contributed by atoms with E-state index in [1.807, 2.05) is 30.3 Å². The third-order valence-corrected chi connectivity index (χ3v) is 3.91. The van der Waals surface area contributed by atoms with E-state index in [2.05, 4.69) is 10.6 Å². The van der Waals surface area contributed by atoms with E-state index in [-0.39, 0.29) is 24.7 Å². The van der Waals surface area contributed by atoms with Crippen LogP contribution < -0.4 is 16.4 Å². The molecule has 2 unspecified atom stereocenters. The van der Waals surface area contributed by atoms with Crippen LogP contribution in [0.2, 0.25) is 0 Å². The molecule has 0 aliphatic carbocycles. The number of aliphatic hydroxyl groups excluding tert-OH is 2. The molecular formula is C19H23N3O4S. The number of ether oxygens (including phenoxy) is 1. The summed E-state index contributed by atoms with van der Waals surface area (Å²) in [6.45, 7) is 0.345. The molecule has 8 heteroatoms. The molecule has 2 rings (SSSR count). The fraction of sp³-hybridized carbons (Fsp3) is 0.263. The zero-order valence-corrected chi connectivity index (χ0v) is 15.5. The van der Waals surface area contributed by atoms with E-state index in [1.54, 1.807) is 24.3 Å². The van der Waals surface area contributed by atoms with Gasteiger partial charge in [-0.05, 0) is 41.9 Å².